The Hall–Kier alpha value is -2.02. The number of carbonyl (C=O) groups excluding carboxylic acids is 3. The molecule has 1 saturated heterocycles. The van der Waals surface area contributed by atoms with Crippen molar-refractivity contribution in [2.75, 3.05) is 13.2 Å². The van der Waals surface area contributed by atoms with Gasteiger partial charge < -0.3 is 9.15 Å². The molecule has 0 bridgehead atoms. The third-order valence-electron chi connectivity index (χ3n) is 2.74. The van der Waals surface area contributed by atoms with Gasteiger partial charge >= 0.3 is 5.97 Å². The van der Waals surface area contributed by atoms with Gasteiger partial charge in [-0.1, -0.05) is 13.3 Å². The molecule has 1 aromatic heterocycles. The number of thioether (sulfide) groups is 1. The molecule has 112 valence electrons. The van der Waals surface area contributed by atoms with Gasteiger partial charge in [-0.3, -0.25) is 19.3 Å². The maximum atomic E-state index is 12.1. The molecule has 0 spiro atoms. The van der Waals surface area contributed by atoms with E-state index in [1.807, 2.05) is 6.92 Å². The summed E-state index contributed by atoms with van der Waals surface area (Å²) in [5, 5.41) is -0.481. The molecular weight excluding hydrogens is 294 g/mol. The first kappa shape index (κ1) is 15.4. The first-order chi connectivity index (χ1) is 10.1. The van der Waals surface area contributed by atoms with E-state index in [2.05, 4.69) is 0 Å². The third kappa shape index (κ3) is 3.98. The van der Waals surface area contributed by atoms with E-state index in [1.165, 1.54) is 12.3 Å². The zero-order chi connectivity index (χ0) is 15.2. The Bertz CT molecular complexity index is 564. The largest absolute Gasteiger partial charge is 0.465 e. The highest BCUT2D eigenvalue weighted by atomic mass is 32.2. The second kappa shape index (κ2) is 7.12. The highest BCUT2D eigenvalue weighted by Gasteiger charge is 2.36. The maximum Gasteiger partial charge on any atom is 0.326 e. The number of hydrogen-bond donors (Lipinski definition) is 0. The lowest BCUT2D eigenvalue weighted by atomic mass is 10.3. The molecule has 0 unspecified atom stereocenters. The lowest BCUT2D eigenvalue weighted by molar-refractivity contribution is -0.146. The fourth-order valence-electron chi connectivity index (χ4n) is 1.64. The van der Waals surface area contributed by atoms with Crippen LogP contribution in [-0.2, 0) is 14.3 Å². The molecule has 1 fully saturated rings. The van der Waals surface area contributed by atoms with Crippen molar-refractivity contribution in [3.8, 4) is 0 Å². The molecule has 7 heteroatoms. The van der Waals surface area contributed by atoms with Gasteiger partial charge in [-0.15, -0.1) is 0 Å². The highest BCUT2D eigenvalue weighted by Crippen LogP contribution is 2.32. The Morgan fingerprint density at radius 3 is 2.95 bits per heavy atom. The van der Waals surface area contributed by atoms with Crippen molar-refractivity contribution in [3.05, 3.63) is 29.1 Å². The van der Waals surface area contributed by atoms with Crippen LogP contribution in [0.5, 0.6) is 0 Å². The second-order valence-corrected chi connectivity index (χ2v) is 5.35. The normalized spacial score (nSPS) is 16.8. The lowest BCUT2D eigenvalue weighted by Crippen LogP contribution is -2.34. The highest BCUT2D eigenvalue weighted by molar-refractivity contribution is 8.18. The number of esters is 1. The summed E-state index contributed by atoms with van der Waals surface area (Å²) in [7, 11) is 0. The molecule has 6 nitrogen and oxygen atoms in total. The summed E-state index contributed by atoms with van der Waals surface area (Å²) in [5.41, 5.74) is 0. The molecule has 0 aliphatic carbocycles. The van der Waals surface area contributed by atoms with Gasteiger partial charge in [-0.05, 0) is 30.3 Å². The van der Waals surface area contributed by atoms with Gasteiger partial charge in [0.15, 0.2) is 0 Å². The van der Waals surface area contributed by atoms with Gasteiger partial charge in [0.05, 0.1) is 17.8 Å². The van der Waals surface area contributed by atoms with Gasteiger partial charge in [-0.2, -0.15) is 0 Å². The average Bonchev–Trinajstić information content (AvgIpc) is 3.04. The van der Waals surface area contributed by atoms with Crippen molar-refractivity contribution in [1.82, 2.24) is 4.90 Å². The van der Waals surface area contributed by atoms with Crippen LogP contribution >= 0.6 is 11.8 Å². The molecule has 1 aromatic rings. The predicted octanol–water partition coefficient (Wildman–Crippen LogP) is 2.66. The summed E-state index contributed by atoms with van der Waals surface area (Å²) < 4.78 is 10.0. The molecular formula is C14H15NO5S. The van der Waals surface area contributed by atoms with Crippen LogP contribution in [0.2, 0.25) is 0 Å². The Morgan fingerprint density at radius 1 is 1.48 bits per heavy atom. The maximum absolute atomic E-state index is 12.1. The van der Waals surface area contributed by atoms with Crippen molar-refractivity contribution < 1.29 is 23.5 Å². The van der Waals surface area contributed by atoms with E-state index in [0.717, 1.165) is 29.5 Å². The monoisotopic (exact) mass is 309 g/mol. The van der Waals surface area contributed by atoms with Crippen molar-refractivity contribution in [2.24, 2.45) is 0 Å². The molecule has 1 aliphatic rings. The minimum absolute atomic E-state index is 0.233. The quantitative estimate of drug-likeness (QED) is 0.457. The first-order valence-corrected chi connectivity index (χ1v) is 7.38. The van der Waals surface area contributed by atoms with E-state index in [0.29, 0.717) is 12.4 Å². The van der Waals surface area contributed by atoms with Crippen LogP contribution in [-0.4, -0.2) is 35.2 Å². The number of ether oxygens (including phenoxy) is 1. The number of nitrogens with zero attached hydrogens (tertiary/aromatic N) is 1. The number of rotatable bonds is 6. The Balaban J connectivity index is 1.97. The van der Waals surface area contributed by atoms with Gasteiger partial charge in [0.1, 0.15) is 12.3 Å². The van der Waals surface area contributed by atoms with E-state index in [9.17, 15) is 14.4 Å². The summed E-state index contributed by atoms with van der Waals surface area (Å²) in [5.74, 6) is -0.607. The standard InChI is InChI=1S/C14H15NO5S/c1-2-3-6-20-12(16)9-15-13(17)11(21-14(15)18)8-10-5-4-7-19-10/h4-5,7-8H,2-3,6,9H2,1H3/b11-8+. The molecule has 0 aromatic carbocycles. The summed E-state index contributed by atoms with van der Waals surface area (Å²) >= 11 is 0.781. The molecule has 1 aliphatic heterocycles. The number of furan rings is 1. The Kier molecular flexibility index (Phi) is 5.21. The van der Waals surface area contributed by atoms with Gasteiger partial charge in [0.2, 0.25) is 0 Å². The van der Waals surface area contributed by atoms with Gasteiger partial charge in [0, 0.05) is 6.08 Å². The smallest absolute Gasteiger partial charge is 0.326 e. The number of amides is 2. The zero-order valence-electron chi connectivity index (χ0n) is 11.5. The van der Waals surface area contributed by atoms with Crippen molar-refractivity contribution in [1.29, 1.82) is 0 Å². The second-order valence-electron chi connectivity index (χ2n) is 4.36. The summed E-state index contributed by atoms with van der Waals surface area (Å²) in [6.45, 7) is 1.92. The fraction of sp³-hybridized carbons (Fsp3) is 0.357. The number of carbonyl (C=O) groups is 3. The van der Waals surface area contributed by atoms with Crippen LogP contribution in [0.3, 0.4) is 0 Å². The van der Waals surface area contributed by atoms with Crippen LogP contribution in [0.1, 0.15) is 25.5 Å². The first-order valence-electron chi connectivity index (χ1n) is 6.56. The van der Waals surface area contributed by atoms with E-state index in [1.54, 1.807) is 12.1 Å². The van der Waals surface area contributed by atoms with E-state index in [4.69, 9.17) is 9.15 Å². The van der Waals surface area contributed by atoms with E-state index < -0.39 is 17.1 Å². The zero-order valence-corrected chi connectivity index (χ0v) is 12.4. The number of unbranched alkanes of at least 4 members (excludes halogenated alkanes) is 1. The average molecular weight is 309 g/mol. The Labute approximate surface area is 126 Å². The number of hydrogen-bond acceptors (Lipinski definition) is 6. The summed E-state index contributed by atoms with van der Waals surface area (Å²) in [6.07, 6.45) is 4.61. The van der Waals surface area contributed by atoms with Crippen molar-refractivity contribution >= 4 is 35.0 Å². The van der Waals surface area contributed by atoms with E-state index in [-0.39, 0.29) is 11.4 Å². The van der Waals surface area contributed by atoms with Crippen LogP contribution in [0.15, 0.2) is 27.7 Å². The van der Waals surface area contributed by atoms with Crippen molar-refractivity contribution in [3.63, 3.8) is 0 Å². The molecule has 2 amide bonds. The van der Waals surface area contributed by atoms with Crippen LogP contribution in [0, 0.1) is 0 Å². The third-order valence-corrected chi connectivity index (χ3v) is 3.65. The van der Waals surface area contributed by atoms with Crippen LogP contribution < -0.4 is 0 Å². The van der Waals surface area contributed by atoms with Crippen molar-refractivity contribution in [2.45, 2.75) is 19.8 Å². The fourth-order valence-corrected chi connectivity index (χ4v) is 2.46. The minimum Gasteiger partial charge on any atom is -0.465 e. The Morgan fingerprint density at radius 2 is 2.29 bits per heavy atom. The van der Waals surface area contributed by atoms with E-state index >= 15 is 0 Å². The molecule has 2 rings (SSSR count). The minimum atomic E-state index is -0.579. The predicted molar refractivity (Wildman–Crippen MR) is 77.3 cm³/mol. The summed E-state index contributed by atoms with van der Waals surface area (Å²) in [6, 6.07) is 3.36. The molecule has 0 saturated carbocycles. The summed E-state index contributed by atoms with van der Waals surface area (Å²) in [4.78, 5) is 36.5. The van der Waals surface area contributed by atoms with Crippen LogP contribution in [0.25, 0.3) is 6.08 Å². The van der Waals surface area contributed by atoms with Gasteiger partial charge in [-0.25, -0.2) is 0 Å². The van der Waals surface area contributed by atoms with Crippen LogP contribution in [0.4, 0.5) is 4.79 Å². The lowest BCUT2D eigenvalue weighted by Gasteiger charge is -2.11. The topological polar surface area (TPSA) is 76.8 Å². The molecule has 21 heavy (non-hydrogen) atoms. The molecule has 2 heterocycles. The van der Waals surface area contributed by atoms with Gasteiger partial charge in [0.25, 0.3) is 11.1 Å². The SMILES string of the molecule is CCCCOC(=O)CN1C(=O)S/C(=C/c2ccco2)C1=O. The number of imide groups is 1. The molecule has 0 atom stereocenters. The molecule has 0 N–H and O–H groups in total. The molecule has 0 radical (unpaired) electrons.